The molecule has 84 valence electrons. The van der Waals surface area contributed by atoms with E-state index < -0.39 is 0 Å². The molecule has 1 aliphatic heterocycles. The molecule has 15 heavy (non-hydrogen) atoms. The quantitative estimate of drug-likeness (QED) is 0.497. The van der Waals surface area contributed by atoms with Crippen LogP contribution < -0.4 is 0 Å². The van der Waals surface area contributed by atoms with Gasteiger partial charge in [-0.1, -0.05) is 33.1 Å². The first-order valence-corrected chi connectivity index (χ1v) is 5.82. The van der Waals surface area contributed by atoms with E-state index in [1.54, 1.807) is 11.2 Å². The van der Waals surface area contributed by atoms with Crippen LogP contribution in [0.1, 0.15) is 46.0 Å². The molecule has 0 N–H and O–H groups in total. The lowest BCUT2D eigenvalue weighted by atomic mass is 10.2. The summed E-state index contributed by atoms with van der Waals surface area (Å²) in [5, 5.41) is 15.1. The molecule has 4 heteroatoms. The first-order chi connectivity index (χ1) is 7.33. The molecule has 1 unspecified atom stereocenters. The van der Waals surface area contributed by atoms with Gasteiger partial charge in [-0.05, 0) is 12.8 Å². The Morgan fingerprint density at radius 1 is 1.33 bits per heavy atom. The molecule has 0 spiro atoms. The van der Waals surface area contributed by atoms with Crippen molar-refractivity contribution in [2.45, 2.75) is 52.1 Å². The number of hydrogen-bond donors (Lipinski definition) is 0. The van der Waals surface area contributed by atoms with Crippen molar-refractivity contribution >= 4 is 6.34 Å². The van der Waals surface area contributed by atoms with E-state index in [1.165, 1.54) is 25.7 Å². The fraction of sp³-hybridized carbons (Fsp3) is 0.818. The summed E-state index contributed by atoms with van der Waals surface area (Å²) < 4.78 is 0. The number of nitriles is 1. The number of nitrogens with zero attached hydrogens (tertiary/aromatic N) is 4. The van der Waals surface area contributed by atoms with Gasteiger partial charge >= 0.3 is 0 Å². The standard InChI is InChI=1S/C11H20N4/c1-3-5-6-7-8-15-11(4-2)14(9-12)10-13-15/h10-11H,3-8H2,1-2H3. The van der Waals surface area contributed by atoms with Crippen LogP contribution in [0.4, 0.5) is 0 Å². The Morgan fingerprint density at radius 3 is 2.73 bits per heavy atom. The van der Waals surface area contributed by atoms with Crippen molar-refractivity contribution in [3.05, 3.63) is 0 Å². The molecule has 1 atom stereocenters. The predicted molar refractivity (Wildman–Crippen MR) is 60.9 cm³/mol. The first kappa shape index (κ1) is 11.8. The van der Waals surface area contributed by atoms with Crippen molar-refractivity contribution < 1.29 is 0 Å². The molecule has 0 aromatic carbocycles. The molecule has 0 bridgehead atoms. The highest BCUT2D eigenvalue weighted by Crippen LogP contribution is 2.15. The summed E-state index contributed by atoms with van der Waals surface area (Å²) >= 11 is 0. The molecule has 0 aromatic heterocycles. The minimum atomic E-state index is 0.150. The van der Waals surface area contributed by atoms with Crippen LogP contribution in [0.25, 0.3) is 0 Å². The van der Waals surface area contributed by atoms with Gasteiger partial charge in [0.15, 0.2) is 6.19 Å². The van der Waals surface area contributed by atoms with Crippen molar-refractivity contribution in [2.75, 3.05) is 6.54 Å². The van der Waals surface area contributed by atoms with E-state index >= 15 is 0 Å². The predicted octanol–water partition coefficient (Wildman–Crippen LogP) is 2.34. The van der Waals surface area contributed by atoms with Crippen LogP contribution in [0.15, 0.2) is 5.10 Å². The van der Waals surface area contributed by atoms with Gasteiger partial charge in [0, 0.05) is 6.54 Å². The van der Waals surface area contributed by atoms with Gasteiger partial charge in [-0.2, -0.15) is 10.4 Å². The van der Waals surface area contributed by atoms with Crippen LogP contribution in [0.3, 0.4) is 0 Å². The monoisotopic (exact) mass is 208 g/mol. The molecule has 0 saturated carbocycles. The first-order valence-electron chi connectivity index (χ1n) is 5.82. The highest BCUT2D eigenvalue weighted by molar-refractivity contribution is 5.59. The highest BCUT2D eigenvalue weighted by Gasteiger charge is 2.25. The molecule has 1 aliphatic rings. The molecule has 1 heterocycles. The molecule has 0 fully saturated rings. The summed E-state index contributed by atoms with van der Waals surface area (Å²) in [5.41, 5.74) is 0. The van der Waals surface area contributed by atoms with E-state index in [-0.39, 0.29) is 6.17 Å². The third-order valence-electron chi connectivity index (χ3n) is 2.71. The SMILES string of the molecule is CCCCCCN1N=CN(C#N)C1CC. The van der Waals surface area contributed by atoms with Crippen molar-refractivity contribution in [1.29, 1.82) is 5.26 Å². The number of hydrazone groups is 1. The van der Waals surface area contributed by atoms with Gasteiger partial charge < -0.3 is 0 Å². The molecular weight excluding hydrogens is 188 g/mol. The molecule has 0 aliphatic carbocycles. The maximum atomic E-state index is 8.85. The maximum absolute atomic E-state index is 8.85. The second-order valence-corrected chi connectivity index (χ2v) is 3.85. The Labute approximate surface area is 92.2 Å². The third-order valence-corrected chi connectivity index (χ3v) is 2.71. The Kier molecular flexibility index (Phi) is 4.96. The van der Waals surface area contributed by atoms with E-state index in [0.717, 1.165) is 13.0 Å². The zero-order valence-electron chi connectivity index (χ0n) is 9.69. The zero-order valence-corrected chi connectivity index (χ0v) is 9.69. The van der Waals surface area contributed by atoms with E-state index in [1.807, 2.05) is 5.01 Å². The minimum absolute atomic E-state index is 0.150. The van der Waals surface area contributed by atoms with Crippen LogP contribution in [0, 0.1) is 11.5 Å². The van der Waals surface area contributed by atoms with Gasteiger partial charge in [-0.25, -0.2) is 4.90 Å². The van der Waals surface area contributed by atoms with Crippen LogP contribution in [0.5, 0.6) is 0 Å². The highest BCUT2D eigenvalue weighted by atomic mass is 15.6. The third kappa shape index (κ3) is 3.12. The van der Waals surface area contributed by atoms with E-state index in [2.05, 4.69) is 25.1 Å². The Bertz CT molecular complexity index is 243. The summed E-state index contributed by atoms with van der Waals surface area (Å²) in [6.07, 6.45) is 9.82. The Morgan fingerprint density at radius 2 is 2.13 bits per heavy atom. The summed E-state index contributed by atoms with van der Waals surface area (Å²) in [6.45, 7) is 5.26. The largest absolute Gasteiger partial charge is 0.272 e. The maximum Gasteiger partial charge on any atom is 0.187 e. The molecule has 0 aromatic rings. The molecule has 0 saturated heterocycles. The number of hydrogen-bond acceptors (Lipinski definition) is 4. The fourth-order valence-electron chi connectivity index (χ4n) is 1.83. The molecule has 0 amide bonds. The van der Waals surface area contributed by atoms with Gasteiger partial charge in [0.1, 0.15) is 12.5 Å². The van der Waals surface area contributed by atoms with E-state index in [9.17, 15) is 0 Å². The van der Waals surface area contributed by atoms with Gasteiger partial charge in [0.05, 0.1) is 0 Å². The summed E-state index contributed by atoms with van der Waals surface area (Å²) in [5.74, 6) is 0. The number of rotatable bonds is 6. The minimum Gasteiger partial charge on any atom is -0.272 e. The van der Waals surface area contributed by atoms with Crippen LogP contribution in [-0.2, 0) is 0 Å². The molecule has 4 nitrogen and oxygen atoms in total. The second-order valence-electron chi connectivity index (χ2n) is 3.85. The molecular formula is C11H20N4. The van der Waals surface area contributed by atoms with Crippen molar-refractivity contribution in [2.24, 2.45) is 5.10 Å². The van der Waals surface area contributed by atoms with Gasteiger partial charge in [-0.15, -0.1) is 0 Å². The topological polar surface area (TPSA) is 42.6 Å². The zero-order chi connectivity index (χ0) is 11.1. The molecule has 1 rings (SSSR count). The fourth-order valence-corrected chi connectivity index (χ4v) is 1.83. The normalized spacial score (nSPS) is 19.7. The average molecular weight is 208 g/mol. The van der Waals surface area contributed by atoms with Gasteiger partial charge in [-0.3, -0.25) is 5.01 Å². The van der Waals surface area contributed by atoms with Crippen LogP contribution in [0.2, 0.25) is 0 Å². The van der Waals surface area contributed by atoms with E-state index in [4.69, 9.17) is 5.26 Å². The van der Waals surface area contributed by atoms with Gasteiger partial charge in [0.2, 0.25) is 0 Å². The Balaban J connectivity index is 2.30. The summed E-state index contributed by atoms with van der Waals surface area (Å²) in [6, 6.07) is 0. The van der Waals surface area contributed by atoms with Crippen LogP contribution in [-0.4, -0.2) is 29.0 Å². The van der Waals surface area contributed by atoms with Crippen molar-refractivity contribution in [3.8, 4) is 6.19 Å². The molecule has 0 radical (unpaired) electrons. The van der Waals surface area contributed by atoms with Crippen LogP contribution >= 0.6 is 0 Å². The second kappa shape index (κ2) is 6.28. The lowest BCUT2D eigenvalue weighted by molar-refractivity contribution is 0.154. The van der Waals surface area contributed by atoms with Crippen molar-refractivity contribution in [1.82, 2.24) is 9.91 Å². The van der Waals surface area contributed by atoms with E-state index in [0.29, 0.717) is 0 Å². The summed E-state index contributed by atoms with van der Waals surface area (Å²) in [7, 11) is 0. The lowest BCUT2D eigenvalue weighted by Crippen LogP contribution is -2.36. The summed E-state index contributed by atoms with van der Waals surface area (Å²) in [4.78, 5) is 1.62. The van der Waals surface area contributed by atoms with Gasteiger partial charge in [0.25, 0.3) is 0 Å². The lowest BCUT2D eigenvalue weighted by Gasteiger charge is -2.25. The smallest absolute Gasteiger partial charge is 0.187 e. The Hall–Kier alpha value is -1.24. The number of unbranched alkanes of at least 4 members (excludes halogenated alkanes) is 3. The average Bonchev–Trinajstić information content (AvgIpc) is 2.66. The van der Waals surface area contributed by atoms with Crippen molar-refractivity contribution in [3.63, 3.8) is 0 Å².